The predicted molar refractivity (Wildman–Crippen MR) is 79.9 cm³/mol. The first-order chi connectivity index (χ1) is 7.54. The van der Waals surface area contributed by atoms with E-state index in [1.165, 1.54) is 31.3 Å². The van der Waals surface area contributed by atoms with Crippen molar-refractivity contribution in [1.29, 1.82) is 0 Å². The van der Waals surface area contributed by atoms with Gasteiger partial charge in [0.15, 0.2) is 0 Å². The average molecular weight is 226 g/mol. The van der Waals surface area contributed by atoms with Crippen LogP contribution in [0.1, 0.15) is 67.2 Å². The van der Waals surface area contributed by atoms with Crippen LogP contribution in [0, 0.1) is 11.8 Å². The summed E-state index contributed by atoms with van der Waals surface area (Å²) in [7, 11) is 0. The van der Waals surface area contributed by atoms with E-state index in [2.05, 4.69) is 61.3 Å². The molecule has 0 amide bonds. The molecule has 0 heteroatoms. The summed E-state index contributed by atoms with van der Waals surface area (Å²) in [6, 6.07) is 0. The highest BCUT2D eigenvalue weighted by molar-refractivity contribution is 5.02. The molecule has 0 bridgehead atoms. The number of hydrogen-bond acceptors (Lipinski definition) is 0. The Bertz CT molecular complexity index is 121. The summed E-state index contributed by atoms with van der Waals surface area (Å²) >= 11 is 0. The average Bonchev–Trinajstić information content (AvgIpc) is 2.38. The molecule has 0 N–H and O–H groups in total. The van der Waals surface area contributed by atoms with Gasteiger partial charge in [0.2, 0.25) is 0 Å². The van der Waals surface area contributed by atoms with Crippen molar-refractivity contribution in [2.24, 2.45) is 11.8 Å². The lowest BCUT2D eigenvalue weighted by Crippen LogP contribution is -2.05. The van der Waals surface area contributed by atoms with Crippen molar-refractivity contribution in [3.63, 3.8) is 0 Å². The molecule has 1 unspecified atom stereocenters. The summed E-state index contributed by atoms with van der Waals surface area (Å²) in [6.45, 7) is 23.4. The van der Waals surface area contributed by atoms with Crippen molar-refractivity contribution < 1.29 is 0 Å². The van der Waals surface area contributed by atoms with Crippen LogP contribution in [-0.2, 0) is 0 Å². The Morgan fingerprint density at radius 3 is 1.19 bits per heavy atom. The van der Waals surface area contributed by atoms with Gasteiger partial charge in [0.1, 0.15) is 0 Å². The lowest BCUT2D eigenvalue weighted by molar-refractivity contribution is 0.533. The molecular formula is C16H34. The molecule has 2 atom stereocenters. The van der Waals surface area contributed by atoms with Gasteiger partial charge in [-0.1, -0.05) is 66.5 Å². The molecule has 0 nitrogen and oxygen atoms in total. The Kier molecular flexibility index (Phi) is 22.0. The minimum absolute atomic E-state index is 0.704. The van der Waals surface area contributed by atoms with Gasteiger partial charge < -0.3 is 0 Å². The van der Waals surface area contributed by atoms with Gasteiger partial charge in [0, 0.05) is 0 Å². The van der Waals surface area contributed by atoms with Crippen molar-refractivity contribution in [3.05, 3.63) is 25.3 Å². The smallest absolute Gasteiger partial charge is 0.0234 e. The van der Waals surface area contributed by atoms with E-state index in [9.17, 15) is 0 Å². The van der Waals surface area contributed by atoms with Crippen molar-refractivity contribution in [3.8, 4) is 0 Å². The van der Waals surface area contributed by atoms with E-state index in [1.54, 1.807) is 0 Å². The largest absolute Gasteiger partial charge is 0.106 e. The molecule has 0 saturated heterocycles. The van der Waals surface area contributed by atoms with Gasteiger partial charge in [-0.15, -0.1) is 13.2 Å². The molecular weight excluding hydrogens is 192 g/mol. The molecule has 0 heterocycles. The van der Waals surface area contributed by atoms with Gasteiger partial charge in [0.05, 0.1) is 0 Å². The molecule has 0 aliphatic heterocycles. The van der Waals surface area contributed by atoms with Gasteiger partial charge in [-0.05, 0) is 24.7 Å². The second-order valence-electron chi connectivity index (χ2n) is 4.19. The van der Waals surface area contributed by atoms with Crippen molar-refractivity contribution in [2.45, 2.75) is 67.2 Å². The van der Waals surface area contributed by atoms with Crippen LogP contribution in [0.25, 0.3) is 0 Å². The molecule has 0 aliphatic rings. The summed E-state index contributed by atoms with van der Waals surface area (Å²) in [5.74, 6) is 1.41. The number of hydrogen-bond donors (Lipinski definition) is 0. The molecule has 16 heavy (non-hydrogen) atoms. The van der Waals surface area contributed by atoms with Crippen LogP contribution in [0.4, 0.5) is 0 Å². The number of allylic oxidation sites excluding steroid dienone is 1. The predicted octanol–water partition coefficient (Wildman–Crippen LogP) is 6.24. The third-order valence-electron chi connectivity index (χ3n) is 2.99. The first-order valence-electron chi connectivity index (χ1n) is 6.73. The highest BCUT2D eigenvalue weighted by Gasteiger charge is 2.09. The van der Waals surface area contributed by atoms with Crippen LogP contribution < -0.4 is 0 Å². The Hall–Kier alpha value is -0.520. The normalized spacial score (nSPS) is 12.4. The summed E-state index contributed by atoms with van der Waals surface area (Å²) in [6.07, 6.45) is 5.09. The molecule has 98 valence electrons. The molecule has 0 saturated carbocycles. The van der Waals surface area contributed by atoms with E-state index in [-0.39, 0.29) is 0 Å². The van der Waals surface area contributed by atoms with Crippen molar-refractivity contribution in [2.75, 3.05) is 0 Å². The molecule has 0 fully saturated rings. The molecule has 0 radical (unpaired) electrons. The molecule has 0 aromatic carbocycles. The van der Waals surface area contributed by atoms with Crippen LogP contribution in [0.2, 0.25) is 0 Å². The summed E-state index contributed by atoms with van der Waals surface area (Å²) in [4.78, 5) is 0. The summed E-state index contributed by atoms with van der Waals surface area (Å²) in [5, 5.41) is 0. The van der Waals surface area contributed by atoms with Crippen molar-refractivity contribution in [1.82, 2.24) is 0 Å². The molecule has 0 spiro atoms. The van der Waals surface area contributed by atoms with E-state index < -0.39 is 0 Å². The Labute approximate surface area is 105 Å². The third-order valence-corrected chi connectivity index (χ3v) is 2.99. The van der Waals surface area contributed by atoms with Crippen LogP contribution in [0.5, 0.6) is 0 Å². The molecule has 0 aromatic rings. The SMILES string of the molecule is C=C.C=C(C(C)CC)[C@@H](C)CC.CCCC. The van der Waals surface area contributed by atoms with Crippen molar-refractivity contribution >= 4 is 0 Å². The zero-order valence-electron chi connectivity index (χ0n) is 12.6. The zero-order chi connectivity index (χ0) is 13.6. The van der Waals surface area contributed by atoms with Crippen LogP contribution in [0.3, 0.4) is 0 Å². The van der Waals surface area contributed by atoms with E-state index >= 15 is 0 Å². The summed E-state index contributed by atoms with van der Waals surface area (Å²) < 4.78 is 0. The van der Waals surface area contributed by atoms with E-state index in [1.807, 2.05) is 0 Å². The Morgan fingerprint density at radius 1 is 0.812 bits per heavy atom. The first kappa shape index (κ1) is 20.8. The fourth-order valence-electron chi connectivity index (χ4n) is 1.01. The van der Waals surface area contributed by atoms with Gasteiger partial charge in [-0.25, -0.2) is 0 Å². The fourth-order valence-corrected chi connectivity index (χ4v) is 1.01. The maximum absolute atomic E-state index is 4.10. The number of unbranched alkanes of at least 4 members (excludes halogenated alkanes) is 1. The topological polar surface area (TPSA) is 0 Å². The Balaban J connectivity index is -0.000000237. The van der Waals surface area contributed by atoms with Gasteiger partial charge in [0.25, 0.3) is 0 Å². The van der Waals surface area contributed by atoms with Gasteiger partial charge >= 0.3 is 0 Å². The lowest BCUT2D eigenvalue weighted by atomic mass is 9.88. The van der Waals surface area contributed by atoms with Crippen LogP contribution in [0.15, 0.2) is 25.3 Å². The van der Waals surface area contributed by atoms with Crippen LogP contribution >= 0.6 is 0 Å². The maximum atomic E-state index is 4.10. The monoisotopic (exact) mass is 226 g/mol. The standard InChI is InChI=1S/C10H20.C4H10.C2H4/c1-6-8(3)10(5)9(4)7-2;1-3-4-2;1-2/h8-9H,5-7H2,1-4H3;3-4H2,1-2H3;1-2H2/t8-,9?;;/m0../s1. The fraction of sp³-hybridized carbons (Fsp3) is 0.750. The molecule has 0 aliphatic carbocycles. The first-order valence-corrected chi connectivity index (χ1v) is 6.73. The van der Waals surface area contributed by atoms with Gasteiger partial charge in [-0.2, -0.15) is 0 Å². The molecule has 0 rings (SSSR count). The van der Waals surface area contributed by atoms with E-state index in [0.29, 0.717) is 11.8 Å². The highest BCUT2D eigenvalue weighted by Crippen LogP contribution is 2.22. The van der Waals surface area contributed by atoms with Gasteiger partial charge in [-0.3, -0.25) is 0 Å². The highest BCUT2D eigenvalue weighted by atomic mass is 14.1. The minimum atomic E-state index is 0.704. The molecule has 0 aromatic heterocycles. The number of rotatable bonds is 5. The lowest BCUT2D eigenvalue weighted by Gasteiger charge is -2.17. The second-order valence-corrected chi connectivity index (χ2v) is 4.19. The quantitative estimate of drug-likeness (QED) is 0.486. The second kappa shape index (κ2) is 16.9. The van der Waals surface area contributed by atoms with E-state index in [0.717, 1.165) is 0 Å². The maximum Gasteiger partial charge on any atom is -0.0234 e. The third kappa shape index (κ3) is 13.5. The zero-order valence-corrected chi connectivity index (χ0v) is 12.6. The van der Waals surface area contributed by atoms with Crippen LogP contribution in [-0.4, -0.2) is 0 Å². The summed E-state index contributed by atoms with van der Waals surface area (Å²) in [5.41, 5.74) is 1.42. The Morgan fingerprint density at radius 2 is 1.06 bits per heavy atom. The minimum Gasteiger partial charge on any atom is -0.106 e. The van der Waals surface area contributed by atoms with E-state index in [4.69, 9.17) is 0 Å².